The van der Waals surface area contributed by atoms with E-state index in [4.69, 9.17) is 9.41 Å². The van der Waals surface area contributed by atoms with Gasteiger partial charge < -0.3 is 9.73 Å². The average molecular weight is 545 g/mol. The van der Waals surface area contributed by atoms with Gasteiger partial charge in [0.05, 0.1) is 18.3 Å². The van der Waals surface area contributed by atoms with Crippen molar-refractivity contribution < 1.29 is 8.81 Å². The minimum Gasteiger partial charge on any atom is -0.449 e. The Morgan fingerprint density at radius 2 is 1.95 bits per heavy atom. The molecule has 9 heteroatoms. The number of thiophene rings is 1. The summed E-state index contributed by atoms with van der Waals surface area (Å²) in [5.41, 5.74) is 4.85. The van der Waals surface area contributed by atoms with Gasteiger partial charge in [-0.25, -0.2) is 9.37 Å². The van der Waals surface area contributed by atoms with Gasteiger partial charge in [-0.15, -0.1) is 21.5 Å². The van der Waals surface area contributed by atoms with Crippen molar-refractivity contribution in [1.82, 2.24) is 25.1 Å². The fourth-order valence-corrected chi connectivity index (χ4v) is 8.13. The van der Waals surface area contributed by atoms with E-state index in [1.807, 2.05) is 13.0 Å². The number of aryl methyl sites for hydroxylation is 2. The van der Waals surface area contributed by atoms with E-state index in [1.165, 1.54) is 30.6 Å². The van der Waals surface area contributed by atoms with Crippen LogP contribution in [0.2, 0.25) is 0 Å². The number of nitrogens with zero attached hydrogens (tertiary/aromatic N) is 5. The minimum atomic E-state index is -0.408. The van der Waals surface area contributed by atoms with Crippen LogP contribution in [-0.4, -0.2) is 38.5 Å². The molecule has 4 aromatic rings. The second kappa shape index (κ2) is 9.48. The largest absolute Gasteiger partial charge is 0.449 e. The Bertz CT molecular complexity index is 1550. The Kier molecular flexibility index (Phi) is 6.04. The van der Waals surface area contributed by atoms with Crippen molar-refractivity contribution in [2.75, 3.05) is 13.1 Å². The van der Waals surface area contributed by atoms with Gasteiger partial charge in [0.15, 0.2) is 11.7 Å². The SMILES string of the molecule is Cc1sc2c(c1C)C(c1ccc(CC3CC4(CCNCC4)C3)cc1F)=N[C@@H](Cc1ncco1)c1nnc(C)n1-2. The van der Waals surface area contributed by atoms with E-state index in [9.17, 15) is 0 Å². The molecule has 1 N–H and O–H groups in total. The number of oxazole rings is 1. The van der Waals surface area contributed by atoms with Crippen LogP contribution in [0.15, 0.2) is 40.1 Å². The van der Waals surface area contributed by atoms with E-state index < -0.39 is 6.04 Å². The van der Waals surface area contributed by atoms with Gasteiger partial charge in [-0.3, -0.25) is 9.56 Å². The van der Waals surface area contributed by atoms with Crippen LogP contribution in [0.1, 0.15) is 76.4 Å². The van der Waals surface area contributed by atoms with Crippen LogP contribution in [0.4, 0.5) is 4.39 Å². The summed E-state index contributed by atoms with van der Waals surface area (Å²) < 4.78 is 23.6. The molecule has 0 bridgehead atoms. The van der Waals surface area contributed by atoms with Crippen molar-refractivity contribution in [3.8, 4) is 5.00 Å². The summed E-state index contributed by atoms with van der Waals surface area (Å²) in [5, 5.41) is 13.4. The summed E-state index contributed by atoms with van der Waals surface area (Å²) >= 11 is 1.67. The molecule has 2 aliphatic heterocycles. The predicted octanol–water partition coefficient (Wildman–Crippen LogP) is 5.84. The van der Waals surface area contributed by atoms with E-state index in [2.05, 4.69) is 45.0 Å². The second-order valence-electron chi connectivity index (χ2n) is 11.6. The normalized spacial score (nSPS) is 20.3. The van der Waals surface area contributed by atoms with Gasteiger partial charge in [-0.2, -0.15) is 0 Å². The lowest BCUT2D eigenvalue weighted by Crippen LogP contribution is -2.45. The lowest BCUT2D eigenvalue weighted by Gasteiger charge is -2.50. The molecule has 1 aliphatic carbocycles. The molecule has 39 heavy (non-hydrogen) atoms. The molecule has 1 saturated heterocycles. The van der Waals surface area contributed by atoms with Gasteiger partial charge in [0.2, 0.25) is 0 Å². The zero-order valence-electron chi connectivity index (χ0n) is 22.6. The van der Waals surface area contributed by atoms with Crippen LogP contribution < -0.4 is 5.32 Å². The van der Waals surface area contributed by atoms with Crippen molar-refractivity contribution in [3.05, 3.63) is 81.1 Å². The number of aromatic nitrogens is 4. The molecule has 202 valence electrons. The van der Waals surface area contributed by atoms with Gasteiger partial charge in [-0.1, -0.05) is 6.07 Å². The summed E-state index contributed by atoms with van der Waals surface area (Å²) in [6, 6.07) is 5.36. The molecular formula is C30H33FN6OS. The van der Waals surface area contributed by atoms with Crippen LogP contribution >= 0.6 is 11.3 Å². The Morgan fingerprint density at radius 1 is 1.13 bits per heavy atom. The monoisotopic (exact) mass is 544 g/mol. The number of benzene rings is 1. The van der Waals surface area contributed by atoms with E-state index in [1.54, 1.807) is 29.9 Å². The van der Waals surface area contributed by atoms with E-state index in [-0.39, 0.29) is 5.82 Å². The molecule has 1 aromatic carbocycles. The molecule has 0 unspecified atom stereocenters. The van der Waals surface area contributed by atoms with E-state index in [0.29, 0.717) is 34.9 Å². The number of fused-ring (bicyclic) bond motifs is 3. The lowest BCUT2D eigenvalue weighted by molar-refractivity contribution is 0.0221. The van der Waals surface area contributed by atoms with Crippen molar-refractivity contribution in [3.63, 3.8) is 0 Å². The summed E-state index contributed by atoms with van der Waals surface area (Å²) in [4.78, 5) is 10.7. The second-order valence-corrected chi connectivity index (χ2v) is 12.8. The van der Waals surface area contributed by atoms with E-state index >= 15 is 4.39 Å². The number of aliphatic imine (C=N–C) groups is 1. The van der Waals surface area contributed by atoms with Crippen molar-refractivity contribution >= 4 is 17.0 Å². The highest BCUT2D eigenvalue weighted by Crippen LogP contribution is 2.52. The Balaban J connectivity index is 1.25. The van der Waals surface area contributed by atoms with Crippen molar-refractivity contribution in [1.29, 1.82) is 0 Å². The molecule has 0 radical (unpaired) electrons. The average Bonchev–Trinajstić information content (AvgIpc) is 3.60. The number of hydrogen-bond donors (Lipinski definition) is 1. The van der Waals surface area contributed by atoms with Crippen LogP contribution in [0.3, 0.4) is 0 Å². The molecule has 3 aliphatic rings. The van der Waals surface area contributed by atoms with Gasteiger partial charge in [0.25, 0.3) is 0 Å². The predicted molar refractivity (Wildman–Crippen MR) is 149 cm³/mol. The highest BCUT2D eigenvalue weighted by Gasteiger charge is 2.44. The maximum absolute atomic E-state index is 16.0. The smallest absolute Gasteiger partial charge is 0.196 e. The maximum Gasteiger partial charge on any atom is 0.196 e. The molecule has 7 nitrogen and oxygen atoms in total. The zero-order valence-corrected chi connectivity index (χ0v) is 23.4. The van der Waals surface area contributed by atoms with E-state index in [0.717, 1.165) is 52.9 Å². The van der Waals surface area contributed by atoms with Crippen LogP contribution in [0.25, 0.3) is 5.00 Å². The van der Waals surface area contributed by atoms with Gasteiger partial charge in [0.1, 0.15) is 28.9 Å². The molecule has 7 rings (SSSR count). The van der Waals surface area contributed by atoms with Crippen molar-refractivity contribution in [2.45, 2.75) is 65.3 Å². The number of piperidine rings is 1. The minimum absolute atomic E-state index is 0.222. The van der Waals surface area contributed by atoms with Gasteiger partial charge in [0, 0.05) is 16.0 Å². The molecule has 3 aromatic heterocycles. The molecule has 1 spiro atoms. The third-order valence-electron chi connectivity index (χ3n) is 9.01. The van der Waals surface area contributed by atoms with Gasteiger partial charge >= 0.3 is 0 Å². The highest BCUT2D eigenvalue weighted by atomic mass is 32.1. The fraction of sp³-hybridized carbons (Fsp3) is 0.467. The van der Waals surface area contributed by atoms with Crippen LogP contribution in [-0.2, 0) is 12.8 Å². The summed E-state index contributed by atoms with van der Waals surface area (Å²) in [7, 11) is 0. The summed E-state index contributed by atoms with van der Waals surface area (Å²) in [6.45, 7) is 8.40. The summed E-state index contributed by atoms with van der Waals surface area (Å²) in [5.74, 6) is 2.49. The Hall–Kier alpha value is -3.17. The first-order valence-corrected chi connectivity index (χ1v) is 14.7. The molecular weight excluding hydrogens is 511 g/mol. The highest BCUT2D eigenvalue weighted by molar-refractivity contribution is 7.15. The maximum atomic E-state index is 16.0. The summed E-state index contributed by atoms with van der Waals surface area (Å²) in [6.07, 6.45) is 9.63. The van der Waals surface area contributed by atoms with Crippen LogP contribution in [0.5, 0.6) is 0 Å². The molecule has 5 heterocycles. The number of hydrogen-bond acceptors (Lipinski definition) is 7. The number of rotatable bonds is 5. The first kappa shape index (κ1) is 24.8. The topological polar surface area (TPSA) is 81.1 Å². The first-order chi connectivity index (χ1) is 18.9. The standard InChI is InChI=1S/C30H33FN6OS/c1-17-18(2)39-29-26(17)27(34-24(14-25-33-10-11-38-25)28-36-35-19(3)37(28)29)22-5-4-20(13-23(22)31)12-21-15-30(16-21)6-8-32-9-7-30/h4-5,10-11,13,21,24,32H,6-9,12,14-16H2,1-3H3/t24-/m0/s1. The number of halogens is 1. The quantitative estimate of drug-likeness (QED) is 0.342. The van der Waals surface area contributed by atoms with Crippen molar-refractivity contribution in [2.24, 2.45) is 16.3 Å². The molecule has 1 saturated carbocycles. The lowest BCUT2D eigenvalue weighted by atomic mass is 9.56. The van der Waals surface area contributed by atoms with Crippen LogP contribution in [0, 0.1) is 37.9 Å². The third-order valence-corrected chi connectivity index (χ3v) is 10.2. The Morgan fingerprint density at radius 3 is 2.69 bits per heavy atom. The third kappa shape index (κ3) is 4.26. The molecule has 2 fully saturated rings. The Labute approximate surface area is 231 Å². The molecule has 0 amide bonds. The molecule has 1 atom stereocenters. The fourth-order valence-electron chi connectivity index (χ4n) is 6.91. The van der Waals surface area contributed by atoms with Gasteiger partial charge in [-0.05, 0) is 101 Å². The zero-order chi connectivity index (χ0) is 26.7. The first-order valence-electron chi connectivity index (χ1n) is 13.9. The number of nitrogens with one attached hydrogen (secondary N) is 1.